The molecule has 2 nitrogen and oxygen atoms in total. The van der Waals surface area contributed by atoms with E-state index in [0.717, 1.165) is 29.0 Å². The summed E-state index contributed by atoms with van der Waals surface area (Å²) < 4.78 is 32.2. The third-order valence-corrected chi connectivity index (χ3v) is 4.35. The molecule has 1 heterocycles. The molecule has 1 unspecified atom stereocenters. The Hall–Kier alpha value is -1.58. The van der Waals surface area contributed by atoms with E-state index in [0.29, 0.717) is 12.8 Å². The molecule has 3 rings (SSSR count). The van der Waals surface area contributed by atoms with E-state index in [9.17, 15) is 8.78 Å². The molecule has 0 bridgehead atoms. The molecule has 114 valence electrons. The summed E-state index contributed by atoms with van der Waals surface area (Å²) in [5, 5.41) is 0. The van der Waals surface area contributed by atoms with Crippen LogP contribution in [0.1, 0.15) is 43.7 Å². The van der Waals surface area contributed by atoms with Crippen molar-refractivity contribution in [2.75, 3.05) is 5.73 Å². The fraction of sp³-hybridized carbons (Fsp3) is 0.529. The van der Waals surface area contributed by atoms with Crippen LogP contribution in [0.5, 0.6) is 5.75 Å². The molecule has 0 saturated heterocycles. The molecule has 0 radical (unpaired) electrons. The molecule has 0 spiro atoms. The molecule has 1 fully saturated rings. The Morgan fingerprint density at radius 2 is 2.00 bits per heavy atom. The number of nitrogens with two attached hydrogens (primary N) is 1. The largest absolute Gasteiger partial charge is 0.489 e. The highest BCUT2D eigenvalue weighted by atomic mass is 19.3. The van der Waals surface area contributed by atoms with Gasteiger partial charge in [-0.3, -0.25) is 0 Å². The maximum atomic E-state index is 13.2. The van der Waals surface area contributed by atoms with Gasteiger partial charge in [0.25, 0.3) is 0 Å². The van der Waals surface area contributed by atoms with Gasteiger partial charge >= 0.3 is 0 Å². The fourth-order valence-corrected chi connectivity index (χ4v) is 3.21. The minimum Gasteiger partial charge on any atom is -0.489 e. The van der Waals surface area contributed by atoms with Crippen molar-refractivity contribution in [3.8, 4) is 5.75 Å². The Morgan fingerprint density at radius 3 is 2.71 bits per heavy atom. The summed E-state index contributed by atoms with van der Waals surface area (Å²) in [7, 11) is 0. The Morgan fingerprint density at radius 1 is 1.29 bits per heavy atom. The van der Waals surface area contributed by atoms with Crippen LogP contribution in [-0.2, 0) is 6.42 Å². The Bertz CT molecular complexity index is 558. The molecule has 1 atom stereocenters. The lowest BCUT2D eigenvalue weighted by molar-refractivity contribution is -0.0410. The standard InChI is InChI=1S/C17H21F2NO/c1-11-8-14-10-15(20)9-13(16(14)21-11)3-2-12-4-6-17(18,19)7-5-12/h2-3,9-12H,4-8,20H2,1H3/b3-2+. The first-order chi connectivity index (χ1) is 9.93. The van der Waals surface area contributed by atoms with Gasteiger partial charge in [0.2, 0.25) is 5.92 Å². The molecule has 2 N–H and O–H groups in total. The van der Waals surface area contributed by atoms with Crippen LogP contribution in [0.3, 0.4) is 0 Å². The third kappa shape index (κ3) is 3.20. The molecule has 1 aromatic rings. The smallest absolute Gasteiger partial charge is 0.248 e. The number of nitrogen functional groups attached to an aromatic ring is 1. The van der Waals surface area contributed by atoms with E-state index in [1.54, 1.807) is 0 Å². The third-order valence-electron chi connectivity index (χ3n) is 4.35. The second-order valence-electron chi connectivity index (χ2n) is 6.28. The number of alkyl halides is 2. The van der Waals surface area contributed by atoms with Gasteiger partial charge in [0.1, 0.15) is 11.9 Å². The van der Waals surface area contributed by atoms with E-state index in [4.69, 9.17) is 10.5 Å². The van der Waals surface area contributed by atoms with Crippen LogP contribution in [-0.4, -0.2) is 12.0 Å². The first kappa shape index (κ1) is 14.4. The lowest BCUT2D eigenvalue weighted by atomic mass is 9.86. The summed E-state index contributed by atoms with van der Waals surface area (Å²) >= 11 is 0. The summed E-state index contributed by atoms with van der Waals surface area (Å²) in [6, 6.07) is 3.85. The normalized spacial score (nSPS) is 25.0. The maximum Gasteiger partial charge on any atom is 0.248 e. The second-order valence-corrected chi connectivity index (χ2v) is 6.28. The van der Waals surface area contributed by atoms with Crippen molar-refractivity contribution in [2.24, 2.45) is 5.92 Å². The van der Waals surface area contributed by atoms with Gasteiger partial charge < -0.3 is 10.5 Å². The predicted molar refractivity (Wildman–Crippen MR) is 80.6 cm³/mol. The van der Waals surface area contributed by atoms with Gasteiger partial charge in [-0.15, -0.1) is 0 Å². The predicted octanol–water partition coefficient (Wildman–Crippen LogP) is 4.43. The van der Waals surface area contributed by atoms with Crippen molar-refractivity contribution in [1.29, 1.82) is 0 Å². The second kappa shape index (κ2) is 5.32. The number of allylic oxidation sites excluding steroid dienone is 1. The molecule has 4 heteroatoms. The van der Waals surface area contributed by atoms with E-state index >= 15 is 0 Å². The van der Waals surface area contributed by atoms with Crippen LogP contribution in [0.2, 0.25) is 0 Å². The number of halogens is 2. The lowest BCUT2D eigenvalue weighted by Gasteiger charge is -2.26. The van der Waals surface area contributed by atoms with Crippen LogP contribution in [0.15, 0.2) is 18.2 Å². The molecular weight excluding hydrogens is 272 g/mol. The molecule has 1 aliphatic heterocycles. The molecule has 1 saturated carbocycles. The van der Waals surface area contributed by atoms with Gasteiger partial charge in [-0.2, -0.15) is 0 Å². The summed E-state index contributed by atoms with van der Waals surface area (Å²) in [5.41, 5.74) is 8.76. The summed E-state index contributed by atoms with van der Waals surface area (Å²) in [5.74, 6) is -1.35. The number of anilines is 1. The molecule has 0 aromatic heterocycles. The Labute approximate surface area is 124 Å². The first-order valence-electron chi connectivity index (χ1n) is 7.58. The first-order valence-corrected chi connectivity index (χ1v) is 7.58. The van der Waals surface area contributed by atoms with E-state index in [2.05, 4.69) is 0 Å². The highest BCUT2D eigenvalue weighted by Gasteiger charge is 2.34. The molecule has 0 amide bonds. The van der Waals surface area contributed by atoms with Crippen LogP contribution < -0.4 is 10.5 Å². The molecule has 1 aromatic carbocycles. The Balaban J connectivity index is 1.75. The SMILES string of the molecule is CC1Cc2cc(N)cc(/C=C/C3CCC(F)(F)CC3)c2O1. The van der Waals surface area contributed by atoms with Crippen molar-refractivity contribution >= 4 is 11.8 Å². The van der Waals surface area contributed by atoms with E-state index < -0.39 is 5.92 Å². The van der Waals surface area contributed by atoms with Crippen LogP contribution in [0.25, 0.3) is 6.08 Å². The van der Waals surface area contributed by atoms with Crippen LogP contribution in [0.4, 0.5) is 14.5 Å². The minimum absolute atomic E-state index is 0.00935. The van der Waals surface area contributed by atoms with Crippen molar-refractivity contribution in [3.05, 3.63) is 29.3 Å². The fourth-order valence-electron chi connectivity index (χ4n) is 3.21. The quantitative estimate of drug-likeness (QED) is 0.819. The molecule has 21 heavy (non-hydrogen) atoms. The summed E-state index contributed by atoms with van der Waals surface area (Å²) in [6.07, 6.45) is 6.14. The monoisotopic (exact) mass is 293 g/mol. The van der Waals surface area contributed by atoms with Gasteiger partial charge in [0.15, 0.2) is 0 Å². The van der Waals surface area contributed by atoms with Crippen molar-refractivity contribution in [2.45, 2.75) is 51.1 Å². The number of hydrogen-bond acceptors (Lipinski definition) is 2. The van der Waals surface area contributed by atoms with Crippen molar-refractivity contribution in [3.63, 3.8) is 0 Å². The highest BCUT2D eigenvalue weighted by Crippen LogP contribution is 2.38. The topological polar surface area (TPSA) is 35.2 Å². The number of rotatable bonds is 2. The molecular formula is C17H21F2NO. The van der Waals surface area contributed by atoms with Crippen LogP contribution >= 0.6 is 0 Å². The van der Waals surface area contributed by atoms with Gasteiger partial charge in [-0.05, 0) is 37.8 Å². The average molecular weight is 293 g/mol. The van der Waals surface area contributed by atoms with Gasteiger partial charge in [-0.1, -0.05) is 12.2 Å². The molecule has 1 aliphatic carbocycles. The average Bonchev–Trinajstić information content (AvgIpc) is 2.77. The zero-order chi connectivity index (χ0) is 15.0. The number of hydrogen-bond donors (Lipinski definition) is 1. The van der Waals surface area contributed by atoms with Gasteiger partial charge in [0, 0.05) is 36.1 Å². The van der Waals surface area contributed by atoms with Gasteiger partial charge in [0.05, 0.1) is 0 Å². The zero-order valence-electron chi connectivity index (χ0n) is 12.2. The number of benzene rings is 1. The van der Waals surface area contributed by atoms with E-state index in [1.165, 1.54) is 0 Å². The van der Waals surface area contributed by atoms with E-state index in [-0.39, 0.29) is 24.9 Å². The summed E-state index contributed by atoms with van der Waals surface area (Å²) in [6.45, 7) is 2.03. The van der Waals surface area contributed by atoms with Gasteiger partial charge in [-0.25, -0.2) is 8.78 Å². The zero-order valence-corrected chi connectivity index (χ0v) is 12.2. The highest BCUT2D eigenvalue weighted by molar-refractivity contribution is 5.66. The summed E-state index contributed by atoms with van der Waals surface area (Å²) in [4.78, 5) is 0. The number of fused-ring (bicyclic) bond motifs is 1. The maximum absolute atomic E-state index is 13.2. The van der Waals surface area contributed by atoms with Crippen molar-refractivity contribution in [1.82, 2.24) is 0 Å². The number of ether oxygens (including phenoxy) is 1. The van der Waals surface area contributed by atoms with Crippen LogP contribution in [0, 0.1) is 5.92 Å². The lowest BCUT2D eigenvalue weighted by Crippen LogP contribution is -2.23. The van der Waals surface area contributed by atoms with E-state index in [1.807, 2.05) is 31.2 Å². The minimum atomic E-state index is -2.47. The molecule has 2 aliphatic rings. The van der Waals surface area contributed by atoms with Crippen molar-refractivity contribution < 1.29 is 13.5 Å². The Kier molecular flexibility index (Phi) is 3.64.